The van der Waals surface area contributed by atoms with E-state index in [2.05, 4.69) is 10.6 Å². The van der Waals surface area contributed by atoms with Gasteiger partial charge in [0, 0.05) is 12.2 Å². The summed E-state index contributed by atoms with van der Waals surface area (Å²) >= 11 is 0. The number of hydrogen-bond donors (Lipinski definition) is 2. The summed E-state index contributed by atoms with van der Waals surface area (Å²) in [6, 6.07) is 11.1. The molecule has 4 nitrogen and oxygen atoms in total. The molecule has 0 radical (unpaired) electrons. The van der Waals surface area contributed by atoms with Crippen molar-refractivity contribution in [1.29, 1.82) is 0 Å². The summed E-state index contributed by atoms with van der Waals surface area (Å²) in [5.41, 5.74) is 0.443. The van der Waals surface area contributed by atoms with Crippen molar-refractivity contribution in [3.8, 4) is 5.75 Å². The second kappa shape index (κ2) is 7.72. The van der Waals surface area contributed by atoms with E-state index in [9.17, 15) is 18.0 Å². The number of benzene rings is 2. The molecule has 2 amide bonds. The number of carbonyl (C=O) groups excluding carboxylic acids is 1. The molecule has 0 fully saturated rings. The molecule has 0 aliphatic carbocycles. The number of anilines is 1. The number of ether oxygens (including phenoxy) is 1. The quantitative estimate of drug-likeness (QED) is 0.847. The molecule has 0 aromatic heterocycles. The molecule has 0 aliphatic rings. The van der Waals surface area contributed by atoms with Gasteiger partial charge in [-0.05, 0) is 48.9 Å². The van der Waals surface area contributed by atoms with Gasteiger partial charge in [0.1, 0.15) is 5.75 Å². The second-order valence-corrected chi connectivity index (χ2v) is 4.96. The maximum absolute atomic E-state index is 12.5. The highest BCUT2D eigenvalue weighted by molar-refractivity contribution is 5.89. The van der Waals surface area contributed by atoms with Crippen LogP contribution in [0.15, 0.2) is 48.5 Å². The van der Waals surface area contributed by atoms with Gasteiger partial charge in [-0.3, -0.25) is 0 Å². The Hall–Kier alpha value is -2.70. The molecule has 0 unspecified atom stereocenters. The fourth-order valence-electron chi connectivity index (χ4n) is 1.97. The Morgan fingerprint density at radius 3 is 2.21 bits per heavy atom. The zero-order valence-corrected chi connectivity index (χ0v) is 13.0. The van der Waals surface area contributed by atoms with Gasteiger partial charge in [-0.1, -0.05) is 12.1 Å². The van der Waals surface area contributed by atoms with Gasteiger partial charge in [-0.2, -0.15) is 13.2 Å². The van der Waals surface area contributed by atoms with Gasteiger partial charge in [0.2, 0.25) is 0 Å². The number of carbonyl (C=O) groups is 1. The summed E-state index contributed by atoms with van der Waals surface area (Å²) in [7, 11) is 0. The highest BCUT2D eigenvalue weighted by Crippen LogP contribution is 2.29. The summed E-state index contributed by atoms with van der Waals surface area (Å²) in [4.78, 5) is 11.8. The van der Waals surface area contributed by atoms with Gasteiger partial charge in [0.25, 0.3) is 0 Å². The first-order chi connectivity index (χ1) is 11.4. The van der Waals surface area contributed by atoms with Crippen molar-refractivity contribution in [2.45, 2.75) is 19.6 Å². The third-order valence-electron chi connectivity index (χ3n) is 3.16. The minimum absolute atomic E-state index is 0.126. The summed E-state index contributed by atoms with van der Waals surface area (Å²) in [5.74, 6) is 0.702. The minimum Gasteiger partial charge on any atom is -0.494 e. The molecule has 0 saturated carbocycles. The van der Waals surface area contributed by atoms with Crippen molar-refractivity contribution in [2.24, 2.45) is 0 Å². The van der Waals surface area contributed by atoms with E-state index in [4.69, 9.17) is 4.74 Å². The first-order valence-electron chi connectivity index (χ1n) is 7.32. The molecule has 2 aromatic rings. The molecular formula is C17H17F3N2O2. The SMILES string of the molecule is CCOc1ccc(NC(=O)NCc2ccc(C(F)(F)F)cc2)cc1. The molecule has 0 saturated heterocycles. The van der Waals surface area contributed by atoms with Gasteiger partial charge in [-0.25, -0.2) is 4.79 Å². The molecule has 0 spiro atoms. The maximum atomic E-state index is 12.5. The second-order valence-electron chi connectivity index (χ2n) is 4.96. The van der Waals surface area contributed by atoms with E-state index < -0.39 is 17.8 Å². The summed E-state index contributed by atoms with van der Waals surface area (Å²) in [5, 5.41) is 5.21. The van der Waals surface area contributed by atoms with Crippen LogP contribution in [0, 0.1) is 0 Å². The highest BCUT2D eigenvalue weighted by Gasteiger charge is 2.29. The van der Waals surface area contributed by atoms with Crippen molar-refractivity contribution in [3.05, 3.63) is 59.7 Å². The zero-order valence-electron chi connectivity index (χ0n) is 13.0. The van der Waals surface area contributed by atoms with Gasteiger partial charge in [0.15, 0.2) is 0 Å². The number of urea groups is 1. The monoisotopic (exact) mass is 338 g/mol. The molecule has 24 heavy (non-hydrogen) atoms. The highest BCUT2D eigenvalue weighted by atomic mass is 19.4. The van der Waals surface area contributed by atoms with E-state index in [-0.39, 0.29) is 6.54 Å². The Balaban J connectivity index is 1.84. The zero-order chi connectivity index (χ0) is 17.6. The Labute approximate surface area is 137 Å². The van der Waals surface area contributed by atoms with Crippen LogP contribution < -0.4 is 15.4 Å². The summed E-state index contributed by atoms with van der Waals surface area (Å²) in [6.07, 6.45) is -4.36. The molecule has 2 rings (SSSR count). The lowest BCUT2D eigenvalue weighted by Gasteiger charge is -2.10. The van der Waals surface area contributed by atoms with Crippen LogP contribution >= 0.6 is 0 Å². The van der Waals surface area contributed by atoms with Crippen LogP contribution in [0.25, 0.3) is 0 Å². The molecule has 0 atom stereocenters. The van der Waals surface area contributed by atoms with E-state index in [0.29, 0.717) is 23.6 Å². The molecule has 0 heterocycles. The molecule has 128 valence electrons. The molecule has 2 N–H and O–H groups in total. The van der Waals surface area contributed by atoms with Gasteiger partial charge >= 0.3 is 12.2 Å². The molecular weight excluding hydrogens is 321 g/mol. The first-order valence-corrected chi connectivity index (χ1v) is 7.32. The van der Waals surface area contributed by atoms with E-state index in [1.54, 1.807) is 24.3 Å². The van der Waals surface area contributed by atoms with E-state index >= 15 is 0 Å². The third-order valence-corrected chi connectivity index (χ3v) is 3.16. The number of amides is 2. The largest absolute Gasteiger partial charge is 0.494 e. The molecule has 0 aliphatic heterocycles. The van der Waals surface area contributed by atoms with Crippen molar-refractivity contribution in [3.63, 3.8) is 0 Å². The Bertz CT molecular complexity index is 668. The fourth-order valence-corrected chi connectivity index (χ4v) is 1.97. The third kappa shape index (κ3) is 5.19. The number of rotatable bonds is 5. The van der Waals surface area contributed by atoms with E-state index in [1.807, 2.05) is 6.92 Å². The predicted octanol–water partition coefficient (Wildman–Crippen LogP) is 4.43. The van der Waals surface area contributed by atoms with Crippen LogP contribution in [0.3, 0.4) is 0 Å². The lowest BCUT2D eigenvalue weighted by molar-refractivity contribution is -0.137. The minimum atomic E-state index is -4.36. The van der Waals surface area contributed by atoms with Crippen LogP contribution in [0.4, 0.5) is 23.7 Å². The molecule has 7 heteroatoms. The number of hydrogen-bond acceptors (Lipinski definition) is 2. The standard InChI is InChI=1S/C17H17F3N2O2/c1-2-24-15-9-7-14(8-10-15)22-16(23)21-11-12-3-5-13(6-4-12)17(18,19)20/h3-10H,2,11H2,1H3,(H2,21,22,23). The lowest BCUT2D eigenvalue weighted by Crippen LogP contribution is -2.28. The van der Waals surface area contributed by atoms with Gasteiger partial charge < -0.3 is 15.4 Å². The van der Waals surface area contributed by atoms with Gasteiger partial charge in [-0.15, -0.1) is 0 Å². The summed E-state index contributed by atoms with van der Waals surface area (Å²) in [6.45, 7) is 2.56. The number of alkyl halides is 3. The van der Waals surface area contributed by atoms with E-state index in [1.165, 1.54) is 12.1 Å². The number of halogens is 3. The Morgan fingerprint density at radius 1 is 1.04 bits per heavy atom. The smallest absolute Gasteiger partial charge is 0.416 e. The topological polar surface area (TPSA) is 50.4 Å². The normalized spacial score (nSPS) is 11.0. The van der Waals surface area contributed by atoms with Crippen LogP contribution in [-0.2, 0) is 12.7 Å². The molecule has 0 bridgehead atoms. The first kappa shape index (κ1) is 17.7. The fraction of sp³-hybridized carbons (Fsp3) is 0.235. The average molecular weight is 338 g/mol. The predicted molar refractivity (Wildman–Crippen MR) is 84.9 cm³/mol. The van der Waals surface area contributed by atoms with Crippen molar-refractivity contribution >= 4 is 11.7 Å². The van der Waals surface area contributed by atoms with Crippen LogP contribution in [0.1, 0.15) is 18.1 Å². The summed E-state index contributed by atoms with van der Waals surface area (Å²) < 4.78 is 42.7. The lowest BCUT2D eigenvalue weighted by atomic mass is 10.1. The van der Waals surface area contributed by atoms with Crippen molar-refractivity contribution in [1.82, 2.24) is 5.32 Å². The van der Waals surface area contributed by atoms with E-state index in [0.717, 1.165) is 12.1 Å². The number of nitrogens with one attached hydrogen (secondary N) is 2. The van der Waals surface area contributed by atoms with Crippen molar-refractivity contribution in [2.75, 3.05) is 11.9 Å². The van der Waals surface area contributed by atoms with Crippen LogP contribution in [0.2, 0.25) is 0 Å². The van der Waals surface area contributed by atoms with Crippen LogP contribution in [-0.4, -0.2) is 12.6 Å². The van der Waals surface area contributed by atoms with Crippen LogP contribution in [0.5, 0.6) is 5.75 Å². The Morgan fingerprint density at radius 2 is 1.67 bits per heavy atom. The average Bonchev–Trinajstić information content (AvgIpc) is 2.55. The molecule has 2 aromatic carbocycles. The van der Waals surface area contributed by atoms with Gasteiger partial charge in [0.05, 0.1) is 12.2 Å². The van der Waals surface area contributed by atoms with Crippen molar-refractivity contribution < 1.29 is 22.7 Å². The Kier molecular flexibility index (Phi) is 5.68. The maximum Gasteiger partial charge on any atom is 0.416 e.